The van der Waals surface area contributed by atoms with Crippen LogP contribution in [0.4, 0.5) is 0 Å². The molecule has 2 aliphatic heterocycles. The van der Waals surface area contributed by atoms with Gasteiger partial charge in [-0.1, -0.05) is 6.07 Å². The summed E-state index contributed by atoms with van der Waals surface area (Å²) in [6, 6.07) is 8.48. The summed E-state index contributed by atoms with van der Waals surface area (Å²) in [5, 5.41) is 5.33. The molecule has 2 fully saturated rings. The lowest BCUT2D eigenvalue weighted by molar-refractivity contribution is -0.0210. The molecule has 2 aromatic rings. The Morgan fingerprint density at radius 2 is 2.33 bits per heavy atom. The molecule has 5 nitrogen and oxygen atoms in total. The topological polar surface area (TPSA) is 46.5 Å². The average molecular weight is 345 g/mol. The fourth-order valence-corrected chi connectivity index (χ4v) is 4.63. The molecular formula is C18H23N3O2S. The van der Waals surface area contributed by atoms with E-state index >= 15 is 0 Å². The van der Waals surface area contributed by atoms with Gasteiger partial charge in [-0.3, -0.25) is 9.69 Å². The first-order chi connectivity index (χ1) is 11.7. The number of rotatable bonds is 4. The summed E-state index contributed by atoms with van der Waals surface area (Å²) in [5.41, 5.74) is 0.694. The second-order valence-corrected chi connectivity index (χ2v) is 7.67. The lowest BCUT2D eigenvalue weighted by Crippen LogP contribution is -2.47. The molecule has 0 aromatic carbocycles. The van der Waals surface area contributed by atoms with Gasteiger partial charge in [0.1, 0.15) is 5.69 Å². The first-order valence-corrected chi connectivity index (χ1v) is 9.40. The van der Waals surface area contributed by atoms with Crippen LogP contribution in [0.1, 0.15) is 28.2 Å². The van der Waals surface area contributed by atoms with Crippen LogP contribution in [-0.4, -0.2) is 46.7 Å². The minimum Gasteiger partial charge on any atom is -0.374 e. The van der Waals surface area contributed by atoms with Gasteiger partial charge in [-0.15, -0.1) is 11.3 Å². The van der Waals surface area contributed by atoms with Crippen LogP contribution >= 0.6 is 11.3 Å². The minimum absolute atomic E-state index is 0.0154. The van der Waals surface area contributed by atoms with E-state index in [2.05, 4.69) is 27.7 Å². The molecule has 1 amide bonds. The monoisotopic (exact) mass is 345 g/mol. The van der Waals surface area contributed by atoms with Gasteiger partial charge in [0.05, 0.1) is 12.1 Å². The lowest BCUT2D eigenvalue weighted by atomic mass is 10.0. The van der Waals surface area contributed by atoms with Gasteiger partial charge >= 0.3 is 0 Å². The summed E-state index contributed by atoms with van der Waals surface area (Å²) in [6.45, 7) is 2.59. The van der Waals surface area contributed by atoms with Gasteiger partial charge in [0.2, 0.25) is 0 Å². The molecule has 24 heavy (non-hydrogen) atoms. The number of aryl methyl sites for hydroxylation is 1. The molecule has 0 bridgehead atoms. The molecule has 6 heteroatoms. The molecule has 0 saturated carbocycles. The molecule has 4 rings (SSSR count). The quantitative estimate of drug-likeness (QED) is 0.924. The van der Waals surface area contributed by atoms with Crippen molar-refractivity contribution in [3.05, 3.63) is 46.4 Å². The Bertz CT molecular complexity index is 697. The maximum atomic E-state index is 12.6. The van der Waals surface area contributed by atoms with Crippen molar-refractivity contribution in [2.75, 3.05) is 13.2 Å². The molecule has 0 radical (unpaired) electrons. The minimum atomic E-state index is -0.0154. The van der Waals surface area contributed by atoms with Crippen LogP contribution < -0.4 is 5.32 Å². The van der Waals surface area contributed by atoms with E-state index in [0.29, 0.717) is 11.7 Å². The summed E-state index contributed by atoms with van der Waals surface area (Å²) in [5.74, 6) is -0.0154. The standard InChI is InChI=1S/C18H23N3O2S/c1-20-8-2-6-16(20)18(22)19-14-12-21(11-13-5-4-10-24-13)15-7-3-9-23-17(14)15/h2,4-6,8,10,14-15,17H,3,7,9,11-12H2,1H3,(H,19,22)/t14-,15+,17+/m1/s1. The van der Waals surface area contributed by atoms with Gasteiger partial charge < -0.3 is 14.6 Å². The van der Waals surface area contributed by atoms with Crippen LogP contribution in [0.3, 0.4) is 0 Å². The van der Waals surface area contributed by atoms with Crippen LogP contribution in [0.5, 0.6) is 0 Å². The third-order valence-electron chi connectivity index (χ3n) is 5.06. The average Bonchev–Trinajstić information content (AvgIpc) is 3.30. The number of aromatic nitrogens is 1. The van der Waals surface area contributed by atoms with Gasteiger partial charge in [0, 0.05) is 43.9 Å². The highest BCUT2D eigenvalue weighted by molar-refractivity contribution is 7.09. The molecule has 2 saturated heterocycles. The van der Waals surface area contributed by atoms with Crippen molar-refractivity contribution in [1.29, 1.82) is 0 Å². The Labute approximate surface area is 146 Å². The number of nitrogens with zero attached hydrogens (tertiary/aromatic N) is 2. The first-order valence-electron chi connectivity index (χ1n) is 8.52. The van der Waals surface area contributed by atoms with Crippen molar-refractivity contribution < 1.29 is 9.53 Å². The van der Waals surface area contributed by atoms with Gasteiger partial charge in [0.25, 0.3) is 5.91 Å². The third kappa shape index (κ3) is 3.01. The van der Waals surface area contributed by atoms with Gasteiger partial charge in [-0.05, 0) is 36.4 Å². The van der Waals surface area contributed by atoms with E-state index in [9.17, 15) is 4.79 Å². The van der Waals surface area contributed by atoms with Crippen molar-refractivity contribution in [3.8, 4) is 0 Å². The maximum Gasteiger partial charge on any atom is 0.268 e. The van der Waals surface area contributed by atoms with E-state index < -0.39 is 0 Å². The number of hydrogen-bond donors (Lipinski definition) is 1. The Morgan fingerprint density at radius 3 is 3.08 bits per heavy atom. The molecule has 128 valence electrons. The maximum absolute atomic E-state index is 12.6. The number of nitrogens with one attached hydrogen (secondary N) is 1. The molecule has 2 aliphatic rings. The Kier molecular flexibility index (Phi) is 4.43. The van der Waals surface area contributed by atoms with Crippen molar-refractivity contribution in [2.24, 2.45) is 7.05 Å². The highest BCUT2D eigenvalue weighted by atomic mass is 32.1. The fourth-order valence-electron chi connectivity index (χ4n) is 3.91. The van der Waals surface area contributed by atoms with Crippen LogP contribution in [0, 0.1) is 0 Å². The van der Waals surface area contributed by atoms with Crippen molar-refractivity contribution >= 4 is 17.2 Å². The van der Waals surface area contributed by atoms with E-state index in [1.165, 1.54) is 4.88 Å². The zero-order valence-corrected chi connectivity index (χ0v) is 14.7. The molecule has 4 heterocycles. The molecule has 1 N–H and O–H groups in total. The lowest BCUT2D eigenvalue weighted by Gasteiger charge is -2.32. The SMILES string of the molecule is Cn1cccc1C(=O)N[C@@H]1CN(Cc2cccs2)[C@H]2CCCO[C@@H]12. The summed E-state index contributed by atoms with van der Waals surface area (Å²) in [6.07, 6.45) is 4.24. The zero-order chi connectivity index (χ0) is 16.5. The van der Waals surface area contributed by atoms with Crippen LogP contribution in [0.2, 0.25) is 0 Å². The summed E-state index contributed by atoms with van der Waals surface area (Å²) < 4.78 is 7.91. The van der Waals surface area contributed by atoms with E-state index in [1.54, 1.807) is 11.3 Å². The van der Waals surface area contributed by atoms with Crippen molar-refractivity contribution in [2.45, 2.75) is 37.6 Å². The van der Waals surface area contributed by atoms with Crippen molar-refractivity contribution in [1.82, 2.24) is 14.8 Å². The molecular weight excluding hydrogens is 322 g/mol. The van der Waals surface area contributed by atoms with Gasteiger partial charge in [-0.2, -0.15) is 0 Å². The highest BCUT2D eigenvalue weighted by Gasteiger charge is 2.44. The van der Waals surface area contributed by atoms with Crippen molar-refractivity contribution in [3.63, 3.8) is 0 Å². The zero-order valence-electron chi connectivity index (χ0n) is 13.9. The molecule has 2 aromatic heterocycles. The number of amides is 1. The van der Waals surface area contributed by atoms with Gasteiger partial charge in [-0.25, -0.2) is 0 Å². The largest absolute Gasteiger partial charge is 0.374 e. The highest BCUT2D eigenvalue weighted by Crippen LogP contribution is 2.31. The van der Waals surface area contributed by atoms with E-state index in [0.717, 1.165) is 32.5 Å². The molecule has 0 unspecified atom stereocenters. The number of fused-ring (bicyclic) bond motifs is 1. The first kappa shape index (κ1) is 15.9. The summed E-state index contributed by atoms with van der Waals surface area (Å²) in [4.78, 5) is 16.4. The molecule has 3 atom stereocenters. The Hall–Kier alpha value is -1.63. The number of likely N-dealkylation sites (tertiary alicyclic amines) is 1. The van der Waals surface area contributed by atoms with E-state index in [4.69, 9.17) is 4.74 Å². The number of carbonyl (C=O) groups excluding carboxylic acids is 1. The molecule has 0 spiro atoms. The number of ether oxygens (including phenoxy) is 1. The smallest absolute Gasteiger partial charge is 0.268 e. The fraction of sp³-hybridized carbons (Fsp3) is 0.500. The number of carbonyl (C=O) groups is 1. The number of thiophene rings is 1. The third-order valence-corrected chi connectivity index (χ3v) is 5.92. The van der Waals surface area contributed by atoms with Crippen LogP contribution in [0.15, 0.2) is 35.8 Å². The predicted octanol–water partition coefficient (Wildman–Crippen LogP) is 2.25. The van der Waals surface area contributed by atoms with Gasteiger partial charge in [0.15, 0.2) is 0 Å². The van der Waals surface area contributed by atoms with Crippen LogP contribution in [-0.2, 0) is 18.3 Å². The summed E-state index contributed by atoms with van der Waals surface area (Å²) in [7, 11) is 1.90. The second kappa shape index (κ2) is 6.70. The number of hydrogen-bond acceptors (Lipinski definition) is 4. The second-order valence-electron chi connectivity index (χ2n) is 6.64. The van der Waals surface area contributed by atoms with E-state index in [1.807, 2.05) is 29.9 Å². The normalized spacial score (nSPS) is 27.1. The summed E-state index contributed by atoms with van der Waals surface area (Å²) >= 11 is 1.79. The molecule has 0 aliphatic carbocycles. The predicted molar refractivity (Wildman–Crippen MR) is 94.2 cm³/mol. The Balaban J connectivity index is 1.48. The van der Waals surface area contributed by atoms with E-state index in [-0.39, 0.29) is 18.1 Å². The Morgan fingerprint density at radius 1 is 1.42 bits per heavy atom. The van der Waals surface area contributed by atoms with Crippen LogP contribution in [0.25, 0.3) is 0 Å².